The molecule has 248 valence electrons. The summed E-state index contributed by atoms with van der Waals surface area (Å²) in [6.45, 7) is 0. The van der Waals surface area contributed by atoms with Crippen LogP contribution in [0, 0.1) is 22.7 Å². The molecule has 0 amide bonds. The molecule has 2 aliphatic rings. The second-order valence-electron chi connectivity index (χ2n) is 13.4. The van der Waals surface area contributed by atoms with E-state index < -0.39 is 0 Å². The third-order valence-corrected chi connectivity index (χ3v) is 10.3. The molecule has 3 heteroatoms. The van der Waals surface area contributed by atoms with Crippen molar-refractivity contribution in [3.05, 3.63) is 198 Å². The summed E-state index contributed by atoms with van der Waals surface area (Å²) in [6, 6.07) is 60.7. The first-order valence-electron chi connectivity index (χ1n) is 17.8. The lowest BCUT2D eigenvalue weighted by Gasteiger charge is -2.19. The maximum absolute atomic E-state index is 10.5. The van der Waals surface area contributed by atoms with Crippen LogP contribution in [0.3, 0.4) is 0 Å². The topological polar surface area (TPSA) is 56.8 Å². The van der Waals surface area contributed by atoms with Gasteiger partial charge in [0, 0.05) is 39.8 Å². The van der Waals surface area contributed by atoms with Gasteiger partial charge in [0.05, 0.1) is 11.1 Å². The molecule has 0 radical (unpaired) electrons. The lowest BCUT2D eigenvalue weighted by Crippen LogP contribution is -2.13. The second kappa shape index (κ2) is 13.5. The molecule has 0 aromatic heterocycles. The van der Waals surface area contributed by atoms with Crippen molar-refractivity contribution >= 4 is 11.1 Å². The van der Waals surface area contributed by atoms with Crippen LogP contribution in [0.25, 0.3) is 66.8 Å². The second-order valence-corrected chi connectivity index (χ2v) is 13.4. The van der Waals surface area contributed by atoms with E-state index in [1.807, 2.05) is 72.8 Å². The standard InChI is InChI=1S/C50H32N2O/c51-31-47-41(33-13-5-1-6-14-33)27-39(28-42(47)34-15-7-2-8-16-34)37-21-23-49-45(25-37)46-26-38(22-24-50(46)53-49)40-29-43(35-17-9-3-10-18-35)48(32-52)44(30-40)36-19-11-4-12-20-36/h1-23,25-30,50H,24H2. The Morgan fingerprint density at radius 3 is 1.28 bits per heavy atom. The molecule has 1 aliphatic carbocycles. The van der Waals surface area contributed by atoms with Gasteiger partial charge in [0.25, 0.3) is 0 Å². The molecule has 3 nitrogen and oxygen atoms in total. The van der Waals surface area contributed by atoms with Crippen molar-refractivity contribution in [2.75, 3.05) is 0 Å². The van der Waals surface area contributed by atoms with E-state index in [0.29, 0.717) is 11.1 Å². The first-order valence-corrected chi connectivity index (χ1v) is 17.8. The quantitative estimate of drug-likeness (QED) is 0.176. The maximum Gasteiger partial charge on any atom is 0.128 e. The zero-order valence-corrected chi connectivity index (χ0v) is 28.8. The molecule has 0 fully saturated rings. The van der Waals surface area contributed by atoms with Crippen LogP contribution in [-0.2, 0) is 0 Å². The fraction of sp³-hybridized carbons (Fsp3) is 0.0400. The highest BCUT2D eigenvalue weighted by molar-refractivity contribution is 5.95. The Bertz CT molecular complexity index is 2540. The largest absolute Gasteiger partial charge is 0.485 e. The monoisotopic (exact) mass is 676 g/mol. The van der Waals surface area contributed by atoms with E-state index in [4.69, 9.17) is 4.74 Å². The van der Waals surface area contributed by atoms with E-state index >= 15 is 0 Å². The van der Waals surface area contributed by atoms with E-state index in [0.717, 1.165) is 90.1 Å². The summed E-state index contributed by atoms with van der Waals surface area (Å²) in [6.07, 6.45) is 5.17. The number of ether oxygens (including phenoxy) is 1. The third-order valence-electron chi connectivity index (χ3n) is 10.3. The highest BCUT2D eigenvalue weighted by atomic mass is 16.5. The van der Waals surface area contributed by atoms with E-state index in [1.54, 1.807) is 0 Å². The first kappa shape index (κ1) is 31.8. The average molecular weight is 677 g/mol. The minimum absolute atomic E-state index is 0.0784. The van der Waals surface area contributed by atoms with Crippen LogP contribution in [0.1, 0.15) is 28.7 Å². The van der Waals surface area contributed by atoms with E-state index in [-0.39, 0.29) is 6.10 Å². The van der Waals surface area contributed by atoms with Crippen LogP contribution in [0.15, 0.2) is 176 Å². The van der Waals surface area contributed by atoms with Crippen LogP contribution < -0.4 is 4.74 Å². The van der Waals surface area contributed by atoms with Gasteiger partial charge in [0.1, 0.15) is 24.0 Å². The number of benzene rings is 7. The van der Waals surface area contributed by atoms with Crippen LogP contribution in [0.4, 0.5) is 0 Å². The van der Waals surface area contributed by atoms with Crippen molar-refractivity contribution in [2.45, 2.75) is 12.5 Å². The van der Waals surface area contributed by atoms with Crippen molar-refractivity contribution in [1.29, 1.82) is 10.5 Å². The van der Waals surface area contributed by atoms with E-state index in [2.05, 4.69) is 115 Å². The molecule has 1 unspecified atom stereocenters. The molecule has 7 aromatic rings. The molecule has 0 bridgehead atoms. The summed E-state index contributed by atoms with van der Waals surface area (Å²) in [5, 5.41) is 20.9. The van der Waals surface area contributed by atoms with Gasteiger partial charge in [-0.25, -0.2) is 0 Å². The summed E-state index contributed by atoms with van der Waals surface area (Å²) in [4.78, 5) is 0. The van der Waals surface area contributed by atoms with Gasteiger partial charge in [-0.15, -0.1) is 0 Å². The Balaban J connectivity index is 1.17. The van der Waals surface area contributed by atoms with Gasteiger partial charge in [-0.1, -0.05) is 133 Å². The molecule has 7 aromatic carbocycles. The first-order chi connectivity index (χ1) is 26.2. The number of allylic oxidation sites excluding steroid dienone is 2. The number of rotatable bonds is 6. The summed E-state index contributed by atoms with van der Waals surface area (Å²) in [5.41, 5.74) is 15.5. The summed E-state index contributed by atoms with van der Waals surface area (Å²) in [7, 11) is 0. The van der Waals surface area contributed by atoms with Crippen LogP contribution in [-0.4, -0.2) is 6.10 Å². The average Bonchev–Trinajstić information content (AvgIpc) is 3.61. The van der Waals surface area contributed by atoms with Crippen molar-refractivity contribution in [3.8, 4) is 73.5 Å². The number of hydrogen-bond donors (Lipinski definition) is 0. The molecule has 0 spiro atoms. The maximum atomic E-state index is 10.5. The number of nitriles is 2. The van der Waals surface area contributed by atoms with Gasteiger partial charge in [-0.2, -0.15) is 10.5 Å². The van der Waals surface area contributed by atoms with Crippen molar-refractivity contribution in [3.63, 3.8) is 0 Å². The Kier molecular flexibility index (Phi) is 8.09. The van der Waals surface area contributed by atoms with Crippen molar-refractivity contribution in [1.82, 2.24) is 0 Å². The summed E-state index contributed by atoms with van der Waals surface area (Å²) >= 11 is 0. The highest BCUT2D eigenvalue weighted by Gasteiger charge is 2.31. The molecule has 1 heterocycles. The number of hydrogen-bond acceptors (Lipinski definition) is 3. The normalized spacial score (nSPS) is 14.1. The highest BCUT2D eigenvalue weighted by Crippen LogP contribution is 2.47. The Labute approximate surface area is 309 Å². The lowest BCUT2D eigenvalue weighted by molar-refractivity contribution is 0.279. The van der Waals surface area contributed by atoms with E-state index in [9.17, 15) is 10.5 Å². The van der Waals surface area contributed by atoms with Crippen molar-refractivity contribution in [2.24, 2.45) is 0 Å². The third kappa shape index (κ3) is 5.81. The predicted molar refractivity (Wildman–Crippen MR) is 214 cm³/mol. The lowest BCUT2D eigenvalue weighted by atomic mass is 9.84. The van der Waals surface area contributed by atoms with Gasteiger partial charge in [0.2, 0.25) is 0 Å². The summed E-state index contributed by atoms with van der Waals surface area (Å²) in [5.74, 6) is 0.870. The molecule has 0 saturated heterocycles. The number of fused-ring (bicyclic) bond motifs is 3. The van der Waals surface area contributed by atoms with Gasteiger partial charge < -0.3 is 4.74 Å². The van der Waals surface area contributed by atoms with Crippen LogP contribution in [0.5, 0.6) is 5.75 Å². The Morgan fingerprint density at radius 2 is 0.849 bits per heavy atom. The zero-order chi connectivity index (χ0) is 35.7. The molecule has 0 saturated carbocycles. The molecular formula is C50H32N2O. The van der Waals surface area contributed by atoms with Gasteiger partial charge in [-0.05, 0) is 87.0 Å². The fourth-order valence-corrected chi connectivity index (χ4v) is 7.68. The van der Waals surface area contributed by atoms with Gasteiger partial charge in [-0.3, -0.25) is 0 Å². The SMILES string of the molecule is N#Cc1c(-c2ccccc2)cc(C2=CCC3Oc4ccc(-c5cc(-c6ccccc6)c(C#N)c(-c6ccccc6)c5)cc4C3=C2)cc1-c1ccccc1. The Morgan fingerprint density at radius 1 is 0.434 bits per heavy atom. The zero-order valence-electron chi connectivity index (χ0n) is 28.8. The van der Waals surface area contributed by atoms with Gasteiger partial charge in [0.15, 0.2) is 0 Å². The molecule has 9 rings (SSSR count). The molecule has 1 aliphatic heterocycles. The van der Waals surface area contributed by atoms with Gasteiger partial charge >= 0.3 is 0 Å². The molecule has 53 heavy (non-hydrogen) atoms. The fourth-order valence-electron chi connectivity index (χ4n) is 7.68. The Hall–Kier alpha value is -7.20. The van der Waals surface area contributed by atoms with Crippen LogP contribution >= 0.6 is 0 Å². The molecular weight excluding hydrogens is 645 g/mol. The summed E-state index contributed by atoms with van der Waals surface area (Å²) < 4.78 is 6.53. The number of nitrogens with zero attached hydrogens (tertiary/aromatic N) is 2. The minimum Gasteiger partial charge on any atom is -0.485 e. The van der Waals surface area contributed by atoms with E-state index in [1.165, 1.54) is 0 Å². The smallest absolute Gasteiger partial charge is 0.128 e. The van der Waals surface area contributed by atoms with Crippen molar-refractivity contribution < 1.29 is 4.74 Å². The van der Waals surface area contributed by atoms with Crippen LogP contribution in [0.2, 0.25) is 0 Å². The minimum atomic E-state index is -0.0784. The molecule has 0 N–H and O–H groups in total. The molecule has 1 atom stereocenters. The predicted octanol–water partition coefficient (Wildman–Crippen LogP) is 12.4.